The zero-order chi connectivity index (χ0) is 29.9. The first-order valence-electron chi connectivity index (χ1n) is 14.7. The second-order valence-electron chi connectivity index (χ2n) is 12.0. The number of phenolic OH excluding ortho intramolecular Hbond substituents is 1. The van der Waals surface area contributed by atoms with E-state index >= 15 is 4.39 Å². The lowest BCUT2D eigenvalue weighted by Gasteiger charge is -2.32. The highest BCUT2D eigenvalue weighted by atomic mass is 19.1. The van der Waals surface area contributed by atoms with Gasteiger partial charge >= 0.3 is 11.6 Å². The van der Waals surface area contributed by atoms with Gasteiger partial charge in [0.1, 0.15) is 35.5 Å². The first kappa shape index (κ1) is 27.5. The fourth-order valence-electron chi connectivity index (χ4n) is 7.18. The predicted octanol–water partition coefficient (Wildman–Crippen LogP) is 5.25. The minimum atomic E-state index is -0.912. The summed E-state index contributed by atoms with van der Waals surface area (Å²) < 4.78 is 41.6. The van der Waals surface area contributed by atoms with Gasteiger partial charge in [-0.15, -0.1) is 0 Å². The molecule has 0 radical (unpaired) electrons. The minimum absolute atomic E-state index is 0.0556. The van der Waals surface area contributed by atoms with E-state index in [-0.39, 0.29) is 51.9 Å². The van der Waals surface area contributed by atoms with E-state index in [4.69, 9.17) is 9.15 Å². The highest BCUT2D eigenvalue weighted by Crippen LogP contribution is 2.41. The fraction of sp³-hybridized carbons (Fsp3) is 0.438. The molecule has 9 nitrogen and oxygen atoms in total. The van der Waals surface area contributed by atoms with E-state index in [1.807, 2.05) is 4.90 Å². The maximum absolute atomic E-state index is 15.1. The van der Waals surface area contributed by atoms with Crippen LogP contribution in [0.1, 0.15) is 37.7 Å². The summed E-state index contributed by atoms with van der Waals surface area (Å²) in [6.45, 7) is 4.16. The number of rotatable bonds is 5. The van der Waals surface area contributed by atoms with Crippen molar-refractivity contribution in [3.05, 3.63) is 52.1 Å². The quantitative estimate of drug-likeness (QED) is 0.334. The second-order valence-corrected chi connectivity index (χ2v) is 12.0. The summed E-state index contributed by atoms with van der Waals surface area (Å²) in [6, 6.07) is 9.72. The number of ether oxygens (including phenoxy) is 1. The summed E-state index contributed by atoms with van der Waals surface area (Å²) in [5, 5.41) is 20.7. The minimum Gasteiger partial charge on any atom is -0.508 e. The van der Waals surface area contributed by atoms with Crippen LogP contribution in [0, 0.1) is 30.0 Å². The van der Waals surface area contributed by atoms with Crippen molar-refractivity contribution in [1.29, 1.82) is 5.26 Å². The second kappa shape index (κ2) is 10.5. The van der Waals surface area contributed by atoms with Crippen LogP contribution in [0.25, 0.3) is 33.0 Å². The number of aryl methyl sites for hydroxylation is 1. The van der Waals surface area contributed by atoms with Crippen molar-refractivity contribution < 1.29 is 23.0 Å². The van der Waals surface area contributed by atoms with Gasteiger partial charge in [-0.1, -0.05) is 12.1 Å². The summed E-state index contributed by atoms with van der Waals surface area (Å²) in [6.07, 6.45) is 2.49. The number of alkyl halides is 1. The maximum atomic E-state index is 15.1. The van der Waals surface area contributed by atoms with Crippen molar-refractivity contribution >= 4 is 27.5 Å². The van der Waals surface area contributed by atoms with E-state index < -0.39 is 23.2 Å². The van der Waals surface area contributed by atoms with Crippen molar-refractivity contribution in [2.24, 2.45) is 5.92 Å². The number of halogens is 2. The predicted molar refractivity (Wildman–Crippen MR) is 156 cm³/mol. The third-order valence-electron chi connectivity index (χ3n) is 9.33. The van der Waals surface area contributed by atoms with E-state index in [0.29, 0.717) is 55.7 Å². The number of aromatic hydroxyl groups is 1. The fourth-order valence-corrected chi connectivity index (χ4v) is 7.18. The number of nitriles is 1. The van der Waals surface area contributed by atoms with Crippen molar-refractivity contribution in [1.82, 2.24) is 14.9 Å². The first-order valence-corrected chi connectivity index (χ1v) is 14.7. The van der Waals surface area contributed by atoms with Crippen LogP contribution in [0.15, 0.2) is 39.5 Å². The van der Waals surface area contributed by atoms with E-state index in [9.17, 15) is 19.6 Å². The molecule has 3 saturated heterocycles. The van der Waals surface area contributed by atoms with Gasteiger partial charge in [0, 0.05) is 48.5 Å². The Labute approximate surface area is 246 Å². The molecule has 0 unspecified atom stereocenters. The lowest BCUT2D eigenvalue weighted by Crippen LogP contribution is -2.43. The number of anilines is 1. The largest absolute Gasteiger partial charge is 0.508 e. The van der Waals surface area contributed by atoms with Gasteiger partial charge in [0.05, 0.1) is 17.1 Å². The molecule has 0 saturated carbocycles. The average molecular weight is 588 g/mol. The molecule has 2 aromatic carbocycles. The molecule has 3 fully saturated rings. The molecule has 7 rings (SSSR count). The van der Waals surface area contributed by atoms with Gasteiger partial charge in [0.2, 0.25) is 0 Å². The molecule has 3 aliphatic heterocycles. The molecule has 5 heterocycles. The third-order valence-corrected chi connectivity index (χ3v) is 9.33. The summed E-state index contributed by atoms with van der Waals surface area (Å²) >= 11 is 0. The highest BCUT2D eigenvalue weighted by molar-refractivity contribution is 6.00. The number of fused-ring (bicyclic) bond motifs is 3. The normalized spacial score (nSPS) is 22.7. The van der Waals surface area contributed by atoms with Gasteiger partial charge in [0.25, 0.3) is 0 Å². The van der Waals surface area contributed by atoms with Crippen LogP contribution >= 0.6 is 0 Å². The molecule has 0 spiro atoms. The monoisotopic (exact) mass is 587 g/mol. The number of hydrogen-bond acceptors (Lipinski definition) is 9. The number of aromatic nitrogens is 2. The SMILES string of the molecule is Cc1c(-c2cc(O)cc3cccc(F)c23)oc(=O)c2c(N3CCC(C#N)CC3)nc(OC[C@@]34CCCN3C[C@H](F)C4)nc12. The molecule has 0 amide bonds. The molecular formula is C32H31F2N5O4. The lowest BCUT2D eigenvalue weighted by atomic mass is 9.95. The van der Waals surface area contributed by atoms with Crippen molar-refractivity contribution in [3.8, 4) is 29.2 Å². The van der Waals surface area contributed by atoms with Crippen molar-refractivity contribution in [3.63, 3.8) is 0 Å². The summed E-state index contributed by atoms with van der Waals surface area (Å²) in [4.78, 5) is 27.2. The smallest absolute Gasteiger partial charge is 0.349 e. The van der Waals surface area contributed by atoms with Crippen molar-refractivity contribution in [2.45, 2.75) is 50.7 Å². The molecule has 43 heavy (non-hydrogen) atoms. The van der Waals surface area contributed by atoms with Gasteiger partial charge in [-0.25, -0.2) is 13.6 Å². The van der Waals surface area contributed by atoms with Crippen LogP contribution < -0.4 is 15.3 Å². The molecule has 1 N–H and O–H groups in total. The average Bonchev–Trinajstić information content (AvgIpc) is 3.52. The Morgan fingerprint density at radius 2 is 2.02 bits per heavy atom. The molecule has 0 aliphatic carbocycles. The Kier molecular flexibility index (Phi) is 6.69. The molecule has 4 aromatic rings. The number of hydrogen-bond donors (Lipinski definition) is 1. The Balaban J connectivity index is 1.38. The van der Waals surface area contributed by atoms with E-state index in [0.717, 1.165) is 19.4 Å². The molecule has 11 heteroatoms. The van der Waals surface area contributed by atoms with E-state index in [1.54, 1.807) is 19.1 Å². The molecular weight excluding hydrogens is 556 g/mol. The van der Waals surface area contributed by atoms with Crippen LogP contribution in [0.2, 0.25) is 0 Å². The Morgan fingerprint density at radius 1 is 1.21 bits per heavy atom. The van der Waals surface area contributed by atoms with Gasteiger partial charge in [0.15, 0.2) is 5.82 Å². The third kappa shape index (κ3) is 4.65. The van der Waals surface area contributed by atoms with Gasteiger partial charge in [-0.2, -0.15) is 15.2 Å². The van der Waals surface area contributed by atoms with Crippen LogP contribution in [0.4, 0.5) is 14.6 Å². The standard InChI is InChI=1S/C32H31F2N5O4/c1-18-27-26(30(41)43-28(18)23-13-22(40)12-20-4-2-5-24(34)25(20)23)29(38-10-6-19(15-35)7-11-38)37-31(36-27)42-17-32-8-3-9-39(32)16-21(33)14-32/h2,4-5,12-13,19,21,40H,3,6-11,14,16-17H2,1H3/t21-,32+/m1/s1. The van der Waals surface area contributed by atoms with Crippen LogP contribution in [-0.2, 0) is 0 Å². The van der Waals surface area contributed by atoms with E-state index in [1.165, 1.54) is 18.2 Å². The Bertz CT molecular complexity index is 1850. The number of piperidine rings is 1. The van der Waals surface area contributed by atoms with Gasteiger partial charge < -0.3 is 19.2 Å². The molecule has 222 valence electrons. The summed E-state index contributed by atoms with van der Waals surface area (Å²) in [5.41, 5.74) is -0.157. The zero-order valence-corrected chi connectivity index (χ0v) is 23.8. The van der Waals surface area contributed by atoms with Crippen molar-refractivity contribution in [2.75, 3.05) is 37.7 Å². The Morgan fingerprint density at radius 3 is 2.81 bits per heavy atom. The number of benzene rings is 2. The number of nitrogens with zero attached hydrogens (tertiary/aromatic N) is 5. The molecule has 3 aliphatic rings. The van der Waals surface area contributed by atoms with Crippen LogP contribution in [-0.4, -0.2) is 64.5 Å². The lowest BCUT2D eigenvalue weighted by molar-refractivity contribution is 0.107. The summed E-state index contributed by atoms with van der Waals surface area (Å²) in [7, 11) is 0. The number of phenols is 1. The zero-order valence-electron chi connectivity index (χ0n) is 23.8. The molecule has 2 atom stereocenters. The van der Waals surface area contributed by atoms with Gasteiger partial charge in [-0.05, 0) is 62.7 Å². The first-order chi connectivity index (χ1) is 20.8. The Hall–Kier alpha value is -4.30. The van der Waals surface area contributed by atoms with Crippen LogP contribution in [0.5, 0.6) is 11.8 Å². The topological polar surface area (TPSA) is 116 Å². The van der Waals surface area contributed by atoms with Gasteiger partial charge in [-0.3, -0.25) is 4.90 Å². The van der Waals surface area contributed by atoms with Crippen LogP contribution in [0.3, 0.4) is 0 Å². The summed E-state index contributed by atoms with van der Waals surface area (Å²) in [5.74, 6) is -0.278. The maximum Gasteiger partial charge on any atom is 0.349 e. The highest BCUT2D eigenvalue weighted by Gasteiger charge is 2.49. The molecule has 2 aromatic heterocycles. The molecule has 0 bridgehead atoms. The van der Waals surface area contributed by atoms with E-state index in [2.05, 4.69) is 20.9 Å².